The summed E-state index contributed by atoms with van der Waals surface area (Å²) in [6, 6.07) is 1.98. The summed E-state index contributed by atoms with van der Waals surface area (Å²) in [7, 11) is 0. The average molecular weight is 189 g/mol. The Morgan fingerprint density at radius 3 is 2.86 bits per heavy atom. The molecule has 1 unspecified atom stereocenters. The molecule has 0 aromatic heterocycles. The summed E-state index contributed by atoms with van der Waals surface area (Å²) in [6.45, 7) is 0. The zero-order valence-electron chi connectivity index (χ0n) is 7.79. The molecule has 0 aromatic carbocycles. The molecule has 0 spiro atoms. The molecular formula is C11H11NO2. The van der Waals surface area contributed by atoms with Crippen molar-refractivity contribution in [2.24, 2.45) is 5.92 Å². The lowest BCUT2D eigenvalue weighted by Crippen LogP contribution is -2.19. The van der Waals surface area contributed by atoms with E-state index in [2.05, 4.69) is 0 Å². The van der Waals surface area contributed by atoms with Crippen molar-refractivity contribution in [2.75, 3.05) is 0 Å². The normalized spacial score (nSPS) is 26.6. The first-order valence-corrected chi connectivity index (χ1v) is 4.79. The lowest BCUT2D eigenvalue weighted by molar-refractivity contribution is -0.115. The van der Waals surface area contributed by atoms with Crippen LogP contribution < -0.4 is 0 Å². The van der Waals surface area contributed by atoms with E-state index in [9.17, 15) is 9.90 Å². The molecule has 3 nitrogen and oxygen atoms in total. The van der Waals surface area contributed by atoms with Gasteiger partial charge in [0.1, 0.15) is 11.8 Å². The van der Waals surface area contributed by atoms with Gasteiger partial charge in [-0.15, -0.1) is 0 Å². The highest BCUT2D eigenvalue weighted by Crippen LogP contribution is 2.38. The summed E-state index contributed by atoms with van der Waals surface area (Å²) in [6.07, 6.45) is 4.36. The number of allylic oxidation sites excluding steroid dienone is 4. The molecule has 0 fully saturated rings. The second kappa shape index (κ2) is 3.30. The molecule has 2 rings (SSSR count). The Bertz CT molecular complexity index is 385. The molecule has 0 saturated carbocycles. The van der Waals surface area contributed by atoms with Gasteiger partial charge in [0.25, 0.3) is 0 Å². The number of hydrogen-bond donors (Lipinski definition) is 1. The number of fused-ring (bicyclic) bond motifs is 1. The van der Waals surface area contributed by atoms with Gasteiger partial charge in [0.2, 0.25) is 0 Å². The maximum absolute atomic E-state index is 11.2. The van der Waals surface area contributed by atoms with Gasteiger partial charge in [-0.05, 0) is 30.4 Å². The molecule has 14 heavy (non-hydrogen) atoms. The largest absolute Gasteiger partial charge is 0.511 e. The fraction of sp³-hybridized carbons (Fsp3) is 0.455. The van der Waals surface area contributed by atoms with Crippen LogP contribution in [0.1, 0.15) is 25.7 Å². The number of aliphatic hydroxyl groups is 1. The Balaban J connectivity index is 2.47. The quantitative estimate of drug-likeness (QED) is 0.634. The Kier molecular flexibility index (Phi) is 2.12. The molecule has 1 atom stereocenters. The Morgan fingerprint density at radius 1 is 1.43 bits per heavy atom. The van der Waals surface area contributed by atoms with Crippen LogP contribution in [0.5, 0.6) is 0 Å². The number of hydrogen-bond acceptors (Lipinski definition) is 3. The summed E-state index contributed by atoms with van der Waals surface area (Å²) < 4.78 is 0. The van der Waals surface area contributed by atoms with E-state index in [4.69, 9.17) is 5.26 Å². The highest BCUT2D eigenvalue weighted by atomic mass is 16.3. The van der Waals surface area contributed by atoms with Gasteiger partial charge < -0.3 is 5.11 Å². The van der Waals surface area contributed by atoms with Crippen LogP contribution in [0, 0.1) is 17.2 Å². The second-order valence-corrected chi connectivity index (χ2v) is 3.77. The van der Waals surface area contributed by atoms with E-state index in [-0.39, 0.29) is 11.5 Å². The third-order valence-corrected chi connectivity index (χ3v) is 2.91. The van der Waals surface area contributed by atoms with Crippen LogP contribution in [-0.4, -0.2) is 10.9 Å². The van der Waals surface area contributed by atoms with Crippen molar-refractivity contribution in [3.63, 3.8) is 0 Å². The van der Waals surface area contributed by atoms with E-state index in [1.807, 2.05) is 6.07 Å². The van der Waals surface area contributed by atoms with Crippen molar-refractivity contribution in [3.8, 4) is 6.07 Å². The van der Waals surface area contributed by atoms with E-state index in [1.54, 1.807) is 0 Å². The zero-order chi connectivity index (χ0) is 10.1. The van der Waals surface area contributed by atoms with Gasteiger partial charge in [0.05, 0.1) is 5.57 Å². The van der Waals surface area contributed by atoms with Crippen molar-refractivity contribution in [3.05, 3.63) is 23.0 Å². The zero-order valence-corrected chi connectivity index (χ0v) is 7.79. The molecule has 1 N–H and O–H groups in total. The highest BCUT2D eigenvalue weighted by Gasteiger charge is 2.29. The van der Waals surface area contributed by atoms with Crippen LogP contribution in [0.2, 0.25) is 0 Å². The molecule has 0 aliphatic heterocycles. The highest BCUT2D eigenvalue weighted by molar-refractivity contribution is 5.92. The molecule has 72 valence electrons. The first-order chi connectivity index (χ1) is 6.72. The predicted octanol–water partition coefficient (Wildman–Crippen LogP) is 2.02. The lowest BCUT2D eigenvalue weighted by atomic mass is 9.76. The third kappa shape index (κ3) is 1.33. The number of carbonyl (C=O) groups excluding carboxylic acids is 1. The predicted molar refractivity (Wildman–Crippen MR) is 50.3 cm³/mol. The van der Waals surface area contributed by atoms with Crippen LogP contribution in [-0.2, 0) is 4.79 Å². The van der Waals surface area contributed by atoms with Gasteiger partial charge in [-0.3, -0.25) is 4.79 Å². The monoisotopic (exact) mass is 189 g/mol. The first kappa shape index (κ1) is 9.01. The van der Waals surface area contributed by atoms with E-state index in [0.29, 0.717) is 24.3 Å². The average Bonchev–Trinajstić information content (AvgIpc) is 2.17. The third-order valence-electron chi connectivity index (χ3n) is 2.91. The van der Waals surface area contributed by atoms with Gasteiger partial charge in [0, 0.05) is 12.8 Å². The van der Waals surface area contributed by atoms with E-state index in [1.165, 1.54) is 6.08 Å². The van der Waals surface area contributed by atoms with Crippen molar-refractivity contribution in [1.29, 1.82) is 5.26 Å². The van der Waals surface area contributed by atoms with Gasteiger partial charge in [0.15, 0.2) is 5.78 Å². The summed E-state index contributed by atoms with van der Waals surface area (Å²) in [5, 5.41) is 18.4. The molecule has 0 heterocycles. The summed E-state index contributed by atoms with van der Waals surface area (Å²) in [5.74, 6) is 0.515. The number of nitriles is 1. The number of nitrogens with zero attached hydrogens (tertiary/aromatic N) is 1. The SMILES string of the molecule is N#CC1=C(O)CCC2CCC(=O)C=C12. The van der Waals surface area contributed by atoms with E-state index in [0.717, 1.165) is 18.4 Å². The van der Waals surface area contributed by atoms with Gasteiger partial charge >= 0.3 is 0 Å². The maximum atomic E-state index is 11.2. The molecule has 0 aromatic rings. The van der Waals surface area contributed by atoms with E-state index < -0.39 is 0 Å². The van der Waals surface area contributed by atoms with Crippen molar-refractivity contribution in [2.45, 2.75) is 25.7 Å². The molecule has 2 aliphatic rings. The Morgan fingerprint density at radius 2 is 2.14 bits per heavy atom. The van der Waals surface area contributed by atoms with E-state index >= 15 is 0 Å². The molecule has 0 radical (unpaired) electrons. The number of rotatable bonds is 0. The Labute approximate surface area is 82.3 Å². The van der Waals surface area contributed by atoms with Crippen LogP contribution in [0.4, 0.5) is 0 Å². The fourth-order valence-electron chi connectivity index (χ4n) is 2.14. The van der Waals surface area contributed by atoms with Crippen LogP contribution in [0.25, 0.3) is 0 Å². The standard InChI is InChI=1S/C11H11NO2/c12-6-10-9-5-8(13)3-1-7(9)2-4-11(10)14/h5,7,14H,1-4H2. The Hall–Kier alpha value is -1.56. The molecule has 0 amide bonds. The molecule has 0 bridgehead atoms. The van der Waals surface area contributed by atoms with Crippen molar-refractivity contribution < 1.29 is 9.90 Å². The number of ketones is 1. The number of aliphatic hydroxyl groups excluding tert-OH is 1. The summed E-state index contributed by atoms with van der Waals surface area (Å²) in [5.41, 5.74) is 1.09. The topological polar surface area (TPSA) is 61.1 Å². The van der Waals surface area contributed by atoms with Crippen molar-refractivity contribution in [1.82, 2.24) is 0 Å². The number of carbonyl (C=O) groups is 1. The minimum atomic E-state index is 0.0682. The smallest absolute Gasteiger partial charge is 0.156 e. The maximum Gasteiger partial charge on any atom is 0.156 e. The van der Waals surface area contributed by atoms with Crippen LogP contribution in [0.3, 0.4) is 0 Å². The molecule has 2 aliphatic carbocycles. The van der Waals surface area contributed by atoms with Gasteiger partial charge in [-0.25, -0.2) is 0 Å². The van der Waals surface area contributed by atoms with Crippen LogP contribution in [0.15, 0.2) is 23.0 Å². The van der Waals surface area contributed by atoms with Crippen molar-refractivity contribution >= 4 is 5.78 Å². The first-order valence-electron chi connectivity index (χ1n) is 4.79. The summed E-state index contributed by atoms with van der Waals surface area (Å²) in [4.78, 5) is 11.2. The minimum Gasteiger partial charge on any atom is -0.511 e. The lowest BCUT2D eigenvalue weighted by Gasteiger charge is -2.27. The second-order valence-electron chi connectivity index (χ2n) is 3.77. The summed E-state index contributed by atoms with van der Waals surface area (Å²) >= 11 is 0. The minimum absolute atomic E-state index is 0.0682. The van der Waals surface area contributed by atoms with Gasteiger partial charge in [-0.2, -0.15) is 5.26 Å². The van der Waals surface area contributed by atoms with Crippen LogP contribution >= 0.6 is 0 Å². The molecule has 0 saturated heterocycles. The molecular weight excluding hydrogens is 178 g/mol. The fourth-order valence-corrected chi connectivity index (χ4v) is 2.14. The van der Waals surface area contributed by atoms with Gasteiger partial charge in [-0.1, -0.05) is 0 Å². The molecule has 3 heteroatoms.